The molecule has 3 heteroatoms. The third-order valence-electron chi connectivity index (χ3n) is 4.57. The minimum atomic E-state index is -0.0295. The van der Waals surface area contributed by atoms with Crippen molar-refractivity contribution in [1.82, 2.24) is 0 Å². The van der Waals surface area contributed by atoms with E-state index in [1.54, 1.807) is 0 Å². The SMILES string of the molecule is CCOC(=O)CCCCCCCCCCCCCCCCCCI. The number of unbranched alkanes of at least 4 members (excludes halogenated alkanes) is 15. The largest absolute Gasteiger partial charge is 0.466 e. The van der Waals surface area contributed by atoms with Crippen LogP contribution in [0.5, 0.6) is 0 Å². The first-order chi connectivity index (χ1) is 11.8. The van der Waals surface area contributed by atoms with E-state index in [1.807, 2.05) is 6.92 Å². The highest BCUT2D eigenvalue weighted by atomic mass is 127. The minimum absolute atomic E-state index is 0.0295. The van der Waals surface area contributed by atoms with Crippen molar-refractivity contribution in [1.29, 1.82) is 0 Å². The quantitative estimate of drug-likeness (QED) is 0.0872. The molecule has 0 aromatic carbocycles. The summed E-state index contributed by atoms with van der Waals surface area (Å²) in [6.07, 6.45) is 22.5. The Balaban J connectivity index is 3.01. The molecule has 0 fully saturated rings. The Morgan fingerprint density at radius 1 is 0.625 bits per heavy atom. The molecule has 0 N–H and O–H groups in total. The Bertz CT molecular complexity index is 256. The highest BCUT2D eigenvalue weighted by Crippen LogP contribution is 2.14. The van der Waals surface area contributed by atoms with Gasteiger partial charge in [-0.15, -0.1) is 0 Å². The number of carbonyl (C=O) groups is 1. The second kappa shape index (κ2) is 21.2. The zero-order chi connectivity index (χ0) is 17.7. The topological polar surface area (TPSA) is 26.3 Å². The molecule has 2 nitrogen and oxygen atoms in total. The van der Waals surface area contributed by atoms with Gasteiger partial charge in [0.2, 0.25) is 0 Å². The van der Waals surface area contributed by atoms with Crippen molar-refractivity contribution in [3.63, 3.8) is 0 Å². The molecule has 0 saturated heterocycles. The van der Waals surface area contributed by atoms with Crippen LogP contribution in [-0.2, 0) is 9.53 Å². The molecule has 0 aliphatic rings. The van der Waals surface area contributed by atoms with Crippen molar-refractivity contribution in [3.05, 3.63) is 0 Å². The zero-order valence-electron chi connectivity index (χ0n) is 16.1. The predicted molar refractivity (Wildman–Crippen MR) is 114 cm³/mol. The lowest BCUT2D eigenvalue weighted by molar-refractivity contribution is -0.143. The number of carbonyl (C=O) groups excluding carboxylic acids is 1. The molecule has 0 saturated carbocycles. The average Bonchev–Trinajstić information content (AvgIpc) is 2.58. The third-order valence-corrected chi connectivity index (χ3v) is 5.33. The molecule has 144 valence electrons. The van der Waals surface area contributed by atoms with Gasteiger partial charge in [-0.25, -0.2) is 0 Å². The van der Waals surface area contributed by atoms with Crippen molar-refractivity contribution in [2.75, 3.05) is 11.0 Å². The first kappa shape index (κ1) is 24.2. The molecule has 0 radical (unpaired) electrons. The van der Waals surface area contributed by atoms with Gasteiger partial charge < -0.3 is 4.74 Å². The highest BCUT2D eigenvalue weighted by Gasteiger charge is 2.00. The lowest BCUT2D eigenvalue weighted by Gasteiger charge is -2.04. The Kier molecular flexibility index (Phi) is 21.4. The van der Waals surface area contributed by atoms with Crippen molar-refractivity contribution in [2.24, 2.45) is 0 Å². The molecule has 0 aliphatic carbocycles. The molecule has 0 spiro atoms. The Hall–Kier alpha value is 0.200. The summed E-state index contributed by atoms with van der Waals surface area (Å²) in [7, 11) is 0. The van der Waals surface area contributed by atoms with Crippen LogP contribution in [0, 0.1) is 0 Å². The lowest BCUT2D eigenvalue weighted by atomic mass is 10.0. The number of esters is 1. The molecular formula is C21H41IO2. The van der Waals surface area contributed by atoms with Crippen LogP contribution in [0.25, 0.3) is 0 Å². The molecule has 0 aliphatic heterocycles. The van der Waals surface area contributed by atoms with E-state index < -0.39 is 0 Å². The molecule has 0 aromatic rings. The standard InChI is InChI=1S/C21H41IO2/c1-2-24-21(23)19-17-15-13-11-9-7-5-3-4-6-8-10-12-14-16-18-20-22/h2-20H2,1H3. The predicted octanol–water partition coefficient (Wildman–Crippen LogP) is 7.62. The summed E-state index contributed by atoms with van der Waals surface area (Å²) in [5.41, 5.74) is 0. The van der Waals surface area contributed by atoms with Crippen LogP contribution >= 0.6 is 22.6 Å². The monoisotopic (exact) mass is 452 g/mol. The van der Waals surface area contributed by atoms with E-state index in [-0.39, 0.29) is 5.97 Å². The molecule has 0 rings (SSSR count). The number of halogens is 1. The van der Waals surface area contributed by atoms with Gasteiger partial charge in [0.05, 0.1) is 6.61 Å². The van der Waals surface area contributed by atoms with Gasteiger partial charge in [0.25, 0.3) is 0 Å². The van der Waals surface area contributed by atoms with Gasteiger partial charge in [-0.05, 0) is 24.2 Å². The van der Waals surface area contributed by atoms with Gasteiger partial charge >= 0.3 is 5.97 Å². The first-order valence-corrected chi connectivity index (χ1v) is 12.1. The molecule has 0 bridgehead atoms. The molecule has 0 unspecified atom stereocenters. The summed E-state index contributed by atoms with van der Waals surface area (Å²) >= 11 is 2.48. The summed E-state index contributed by atoms with van der Waals surface area (Å²) in [6, 6.07) is 0. The molecule has 0 heterocycles. The fraction of sp³-hybridized carbons (Fsp3) is 0.952. The fourth-order valence-corrected chi connectivity index (χ4v) is 3.61. The van der Waals surface area contributed by atoms with E-state index in [1.165, 1.54) is 101 Å². The third kappa shape index (κ3) is 20.2. The van der Waals surface area contributed by atoms with Gasteiger partial charge in [-0.2, -0.15) is 0 Å². The van der Waals surface area contributed by atoms with Crippen molar-refractivity contribution < 1.29 is 9.53 Å². The van der Waals surface area contributed by atoms with E-state index in [0.29, 0.717) is 13.0 Å². The summed E-state index contributed by atoms with van der Waals surface area (Å²) in [6.45, 7) is 2.38. The van der Waals surface area contributed by atoms with Crippen LogP contribution in [-0.4, -0.2) is 17.0 Å². The van der Waals surface area contributed by atoms with Gasteiger partial charge in [-0.1, -0.05) is 112 Å². The van der Waals surface area contributed by atoms with Crippen LogP contribution < -0.4 is 0 Å². The second-order valence-electron chi connectivity index (χ2n) is 6.90. The molecule has 24 heavy (non-hydrogen) atoms. The van der Waals surface area contributed by atoms with Crippen LogP contribution in [0.15, 0.2) is 0 Å². The summed E-state index contributed by atoms with van der Waals surface area (Å²) in [4.78, 5) is 11.2. The average molecular weight is 452 g/mol. The van der Waals surface area contributed by atoms with Gasteiger partial charge in [0, 0.05) is 6.42 Å². The number of hydrogen-bond acceptors (Lipinski definition) is 2. The van der Waals surface area contributed by atoms with E-state index in [4.69, 9.17) is 4.74 Å². The van der Waals surface area contributed by atoms with E-state index >= 15 is 0 Å². The Labute approximate surface area is 165 Å². The van der Waals surface area contributed by atoms with Gasteiger partial charge in [0.15, 0.2) is 0 Å². The van der Waals surface area contributed by atoms with Gasteiger partial charge in [-0.3, -0.25) is 4.79 Å². The van der Waals surface area contributed by atoms with Crippen molar-refractivity contribution >= 4 is 28.6 Å². The van der Waals surface area contributed by atoms with Crippen molar-refractivity contribution in [3.8, 4) is 0 Å². The summed E-state index contributed by atoms with van der Waals surface area (Å²) in [5, 5.41) is 0. The molecule has 0 amide bonds. The van der Waals surface area contributed by atoms with E-state index in [9.17, 15) is 4.79 Å². The van der Waals surface area contributed by atoms with E-state index in [0.717, 1.165) is 6.42 Å². The zero-order valence-corrected chi connectivity index (χ0v) is 18.3. The van der Waals surface area contributed by atoms with E-state index in [2.05, 4.69) is 22.6 Å². The maximum atomic E-state index is 11.2. The maximum Gasteiger partial charge on any atom is 0.305 e. The van der Waals surface area contributed by atoms with Crippen LogP contribution in [0.3, 0.4) is 0 Å². The number of ether oxygens (including phenoxy) is 1. The Morgan fingerprint density at radius 2 is 0.958 bits per heavy atom. The second-order valence-corrected chi connectivity index (χ2v) is 7.98. The molecule has 0 aromatic heterocycles. The number of hydrogen-bond donors (Lipinski definition) is 0. The Morgan fingerprint density at radius 3 is 1.29 bits per heavy atom. The molecule has 0 atom stereocenters. The smallest absolute Gasteiger partial charge is 0.305 e. The van der Waals surface area contributed by atoms with Crippen LogP contribution in [0.2, 0.25) is 0 Å². The highest BCUT2D eigenvalue weighted by molar-refractivity contribution is 14.1. The number of rotatable bonds is 19. The lowest BCUT2D eigenvalue weighted by Crippen LogP contribution is -2.03. The fourth-order valence-electron chi connectivity index (χ4n) is 3.07. The molecular weight excluding hydrogens is 411 g/mol. The summed E-state index contributed by atoms with van der Waals surface area (Å²) < 4.78 is 6.26. The maximum absolute atomic E-state index is 11.2. The van der Waals surface area contributed by atoms with Crippen LogP contribution in [0.4, 0.5) is 0 Å². The normalized spacial score (nSPS) is 10.9. The number of alkyl halides is 1. The van der Waals surface area contributed by atoms with Crippen molar-refractivity contribution in [2.45, 2.75) is 116 Å². The minimum Gasteiger partial charge on any atom is -0.466 e. The van der Waals surface area contributed by atoms with Crippen LogP contribution in [0.1, 0.15) is 116 Å². The van der Waals surface area contributed by atoms with Gasteiger partial charge in [0.1, 0.15) is 0 Å². The first-order valence-electron chi connectivity index (χ1n) is 10.5. The summed E-state index contributed by atoms with van der Waals surface area (Å²) in [5.74, 6) is -0.0295.